The summed E-state index contributed by atoms with van der Waals surface area (Å²) in [5.41, 5.74) is 6.76. The molecule has 5 rings (SSSR count). The third kappa shape index (κ3) is 3.30. The number of anilines is 1. The minimum Gasteiger partial charge on any atom is -0.475 e. The minimum atomic E-state index is -4.59. The topological polar surface area (TPSA) is 99.2 Å². The standard InChI is InChI=1S/C21H16ClF3N6O2/c1-30(15-8-33-19-9(15)3-4-16(29-19)21(23,24)25)20(32)10-5-11-14(6-13(10)22)28-18(26)12-7-27-31(2)17(11)12/h3-7,15H,8H2,1-2H3,(H2,26,28)/t15-/m1/s1. The summed E-state index contributed by atoms with van der Waals surface area (Å²) in [6.45, 7) is -0.0266. The number of likely N-dealkylation sites (N-methyl/N-ethyl adjacent to an activating group) is 1. The molecule has 1 aliphatic heterocycles. The van der Waals surface area contributed by atoms with Crippen molar-refractivity contribution >= 4 is 45.1 Å². The van der Waals surface area contributed by atoms with Crippen LogP contribution in [-0.4, -0.2) is 44.2 Å². The van der Waals surface area contributed by atoms with Gasteiger partial charge in [-0.1, -0.05) is 11.6 Å². The third-order valence-electron chi connectivity index (χ3n) is 5.73. The first-order chi connectivity index (χ1) is 15.6. The molecule has 8 nitrogen and oxygen atoms in total. The van der Waals surface area contributed by atoms with Gasteiger partial charge in [0.25, 0.3) is 5.91 Å². The summed E-state index contributed by atoms with van der Waals surface area (Å²) in [4.78, 5) is 22.7. The Morgan fingerprint density at radius 1 is 1.27 bits per heavy atom. The van der Waals surface area contributed by atoms with Crippen molar-refractivity contribution in [2.75, 3.05) is 19.4 Å². The zero-order valence-electron chi connectivity index (χ0n) is 17.3. The molecule has 0 aliphatic carbocycles. The molecule has 170 valence electrons. The summed E-state index contributed by atoms with van der Waals surface area (Å²) in [5, 5.41) is 5.66. The molecule has 4 aromatic rings. The molecule has 1 aliphatic rings. The summed E-state index contributed by atoms with van der Waals surface area (Å²) < 4.78 is 45.9. The van der Waals surface area contributed by atoms with E-state index in [1.807, 2.05) is 0 Å². The van der Waals surface area contributed by atoms with Crippen LogP contribution in [0.2, 0.25) is 5.02 Å². The van der Waals surface area contributed by atoms with Gasteiger partial charge in [-0.3, -0.25) is 9.48 Å². The van der Waals surface area contributed by atoms with Crippen molar-refractivity contribution in [2.45, 2.75) is 12.2 Å². The Morgan fingerprint density at radius 2 is 2.03 bits per heavy atom. The second-order valence-corrected chi connectivity index (χ2v) is 8.12. The highest BCUT2D eigenvalue weighted by atomic mass is 35.5. The molecule has 33 heavy (non-hydrogen) atoms. The van der Waals surface area contributed by atoms with Gasteiger partial charge < -0.3 is 15.4 Å². The maximum atomic E-state index is 13.4. The van der Waals surface area contributed by atoms with Crippen LogP contribution < -0.4 is 10.5 Å². The number of nitrogens with zero attached hydrogens (tertiary/aromatic N) is 5. The summed E-state index contributed by atoms with van der Waals surface area (Å²) in [5.74, 6) is -0.283. The van der Waals surface area contributed by atoms with Gasteiger partial charge in [-0.25, -0.2) is 9.97 Å². The number of hydrogen-bond acceptors (Lipinski definition) is 6. The summed E-state index contributed by atoms with van der Waals surface area (Å²) in [6, 6.07) is 4.69. The van der Waals surface area contributed by atoms with Crippen LogP contribution in [0.4, 0.5) is 19.0 Å². The van der Waals surface area contributed by atoms with Gasteiger partial charge in [-0.15, -0.1) is 0 Å². The van der Waals surface area contributed by atoms with E-state index >= 15 is 0 Å². The smallest absolute Gasteiger partial charge is 0.433 e. The van der Waals surface area contributed by atoms with Crippen molar-refractivity contribution < 1.29 is 22.7 Å². The Morgan fingerprint density at radius 3 is 2.76 bits per heavy atom. The molecular weight excluding hydrogens is 461 g/mol. The SMILES string of the molecule is CN(C(=O)c1cc2c(cc1Cl)nc(N)c1cnn(C)c12)[C@@H]1COc2nc(C(F)(F)F)ccc21. The summed E-state index contributed by atoms with van der Waals surface area (Å²) in [7, 11) is 3.28. The molecular formula is C21H16ClF3N6O2. The van der Waals surface area contributed by atoms with Crippen molar-refractivity contribution in [3.05, 3.63) is 52.3 Å². The second-order valence-electron chi connectivity index (χ2n) is 7.71. The van der Waals surface area contributed by atoms with E-state index in [4.69, 9.17) is 22.1 Å². The monoisotopic (exact) mass is 476 g/mol. The van der Waals surface area contributed by atoms with E-state index in [9.17, 15) is 18.0 Å². The highest BCUT2D eigenvalue weighted by Gasteiger charge is 2.37. The molecule has 2 N–H and O–H groups in total. The summed E-state index contributed by atoms with van der Waals surface area (Å²) in [6.07, 6.45) is -3.00. The van der Waals surface area contributed by atoms with E-state index in [2.05, 4.69) is 15.1 Å². The fourth-order valence-electron chi connectivity index (χ4n) is 4.02. The number of nitrogens with two attached hydrogens (primary N) is 1. The predicted octanol–water partition coefficient (Wildman–Crippen LogP) is 3.98. The number of hydrogen-bond donors (Lipinski definition) is 1. The first-order valence-electron chi connectivity index (χ1n) is 9.74. The lowest BCUT2D eigenvalue weighted by Gasteiger charge is -2.24. The number of aryl methyl sites for hydroxylation is 1. The lowest BCUT2D eigenvalue weighted by molar-refractivity contribution is -0.141. The number of pyridine rings is 2. The second kappa shape index (κ2) is 7.20. The maximum absolute atomic E-state index is 13.4. The largest absolute Gasteiger partial charge is 0.475 e. The van der Waals surface area contributed by atoms with Gasteiger partial charge in [0.05, 0.1) is 39.2 Å². The average Bonchev–Trinajstić information content (AvgIpc) is 3.36. The molecule has 0 radical (unpaired) electrons. The van der Waals surface area contributed by atoms with E-state index in [0.29, 0.717) is 33.2 Å². The van der Waals surface area contributed by atoms with Crippen LogP contribution in [0.25, 0.3) is 21.8 Å². The zero-order chi connectivity index (χ0) is 23.7. The fourth-order valence-corrected chi connectivity index (χ4v) is 4.26. The molecule has 0 spiro atoms. The highest BCUT2D eigenvalue weighted by molar-refractivity contribution is 6.35. The third-order valence-corrected chi connectivity index (χ3v) is 6.04. The number of fused-ring (bicyclic) bond motifs is 4. The van der Waals surface area contributed by atoms with E-state index in [-0.39, 0.29) is 23.1 Å². The Hall–Kier alpha value is -3.60. The van der Waals surface area contributed by atoms with Crippen LogP contribution in [0.15, 0.2) is 30.5 Å². The van der Waals surface area contributed by atoms with Gasteiger partial charge in [-0.2, -0.15) is 18.3 Å². The number of aromatic nitrogens is 4. The Balaban J connectivity index is 1.55. The Kier molecular flexibility index (Phi) is 4.64. The van der Waals surface area contributed by atoms with Crippen LogP contribution in [-0.2, 0) is 13.2 Å². The van der Waals surface area contributed by atoms with Gasteiger partial charge in [0.1, 0.15) is 18.1 Å². The molecule has 4 heterocycles. The lowest BCUT2D eigenvalue weighted by Crippen LogP contribution is -2.32. The predicted molar refractivity (Wildman–Crippen MR) is 115 cm³/mol. The van der Waals surface area contributed by atoms with Crippen LogP contribution in [0, 0.1) is 0 Å². The molecule has 0 fully saturated rings. The van der Waals surface area contributed by atoms with E-state index < -0.39 is 23.8 Å². The number of carbonyl (C=O) groups is 1. The van der Waals surface area contributed by atoms with Gasteiger partial charge >= 0.3 is 6.18 Å². The Bertz CT molecular complexity index is 1450. The minimum absolute atomic E-state index is 0.0266. The van der Waals surface area contributed by atoms with Gasteiger partial charge in [0.2, 0.25) is 5.88 Å². The number of nitrogen functional groups attached to an aromatic ring is 1. The summed E-state index contributed by atoms with van der Waals surface area (Å²) >= 11 is 6.42. The fraction of sp³-hybridized carbons (Fsp3) is 0.238. The van der Waals surface area contributed by atoms with Gasteiger partial charge in [0, 0.05) is 25.0 Å². The molecule has 0 bridgehead atoms. The number of halogens is 4. The quantitative estimate of drug-likeness (QED) is 0.470. The van der Waals surface area contributed by atoms with E-state index in [1.54, 1.807) is 30.1 Å². The number of alkyl halides is 3. The number of ether oxygens (including phenoxy) is 1. The van der Waals surface area contributed by atoms with E-state index in [0.717, 1.165) is 6.07 Å². The molecule has 1 amide bonds. The average molecular weight is 477 g/mol. The molecule has 0 saturated carbocycles. The van der Waals surface area contributed by atoms with Crippen molar-refractivity contribution in [3.8, 4) is 5.88 Å². The Labute approximate surface area is 189 Å². The first kappa shape index (κ1) is 21.3. The van der Waals surface area contributed by atoms with E-state index in [1.165, 1.54) is 18.0 Å². The number of benzene rings is 1. The van der Waals surface area contributed by atoms with Crippen LogP contribution in [0.3, 0.4) is 0 Å². The normalized spacial score (nSPS) is 15.6. The van der Waals surface area contributed by atoms with Crippen molar-refractivity contribution in [1.29, 1.82) is 0 Å². The van der Waals surface area contributed by atoms with Crippen molar-refractivity contribution in [3.63, 3.8) is 0 Å². The number of carbonyl (C=O) groups excluding carboxylic acids is 1. The molecule has 1 atom stereocenters. The molecule has 0 saturated heterocycles. The van der Waals surface area contributed by atoms with Crippen LogP contribution >= 0.6 is 11.6 Å². The highest BCUT2D eigenvalue weighted by Crippen LogP contribution is 2.39. The molecule has 1 aromatic carbocycles. The molecule has 3 aromatic heterocycles. The van der Waals surface area contributed by atoms with Crippen LogP contribution in [0.1, 0.15) is 27.7 Å². The first-order valence-corrected chi connectivity index (χ1v) is 10.1. The molecule has 12 heteroatoms. The molecule has 0 unspecified atom stereocenters. The number of amides is 1. The van der Waals surface area contributed by atoms with Crippen molar-refractivity contribution in [1.82, 2.24) is 24.6 Å². The van der Waals surface area contributed by atoms with Gasteiger partial charge in [0.15, 0.2) is 0 Å². The zero-order valence-corrected chi connectivity index (χ0v) is 18.1. The van der Waals surface area contributed by atoms with Crippen molar-refractivity contribution in [2.24, 2.45) is 7.05 Å². The van der Waals surface area contributed by atoms with Crippen LogP contribution in [0.5, 0.6) is 5.88 Å². The number of rotatable bonds is 2. The maximum Gasteiger partial charge on any atom is 0.433 e. The van der Waals surface area contributed by atoms with Gasteiger partial charge in [-0.05, 0) is 24.3 Å². The lowest BCUT2D eigenvalue weighted by atomic mass is 10.0.